The van der Waals surface area contributed by atoms with Crippen molar-refractivity contribution in [2.75, 3.05) is 6.54 Å². The topological polar surface area (TPSA) is 25.2 Å². The highest BCUT2D eigenvalue weighted by molar-refractivity contribution is 5.58. The summed E-state index contributed by atoms with van der Waals surface area (Å²) in [6.45, 7) is 5.92. The minimum atomic E-state index is -0.256. The van der Waals surface area contributed by atoms with E-state index in [1.54, 1.807) is 18.2 Å². The molecule has 0 unspecified atom stereocenters. The quantitative estimate of drug-likeness (QED) is 0.868. The monoisotopic (exact) mass is 247 g/mol. The van der Waals surface area contributed by atoms with Gasteiger partial charge >= 0.3 is 0 Å². The highest BCUT2D eigenvalue weighted by Crippen LogP contribution is 2.24. The standard InChI is InChI=1S/C15H18FNO/c1-11(2)9-17-10-12-7-8-15(18-12)13-5-3-4-6-14(13)16/h3-8,11,17H,9-10H2,1-2H3. The Bertz CT molecular complexity index is 505. The van der Waals surface area contributed by atoms with Gasteiger partial charge in [-0.05, 0) is 36.7 Å². The van der Waals surface area contributed by atoms with E-state index < -0.39 is 0 Å². The molecule has 1 aromatic carbocycles. The van der Waals surface area contributed by atoms with Crippen molar-refractivity contribution in [1.29, 1.82) is 0 Å². The van der Waals surface area contributed by atoms with Crippen molar-refractivity contribution < 1.29 is 8.81 Å². The van der Waals surface area contributed by atoms with Crippen molar-refractivity contribution in [3.8, 4) is 11.3 Å². The van der Waals surface area contributed by atoms with Crippen LogP contribution in [0.4, 0.5) is 4.39 Å². The maximum Gasteiger partial charge on any atom is 0.137 e. The van der Waals surface area contributed by atoms with Crippen LogP contribution in [0, 0.1) is 11.7 Å². The second kappa shape index (κ2) is 5.83. The van der Waals surface area contributed by atoms with Crippen molar-refractivity contribution in [2.24, 2.45) is 5.92 Å². The summed E-state index contributed by atoms with van der Waals surface area (Å²) < 4.78 is 19.2. The van der Waals surface area contributed by atoms with E-state index in [4.69, 9.17) is 4.42 Å². The maximum atomic E-state index is 13.6. The largest absolute Gasteiger partial charge is 0.460 e. The van der Waals surface area contributed by atoms with Crippen LogP contribution in [0.2, 0.25) is 0 Å². The van der Waals surface area contributed by atoms with Gasteiger partial charge in [-0.3, -0.25) is 0 Å². The van der Waals surface area contributed by atoms with Crippen molar-refractivity contribution in [1.82, 2.24) is 5.32 Å². The van der Waals surface area contributed by atoms with Gasteiger partial charge in [0.25, 0.3) is 0 Å². The zero-order valence-electron chi connectivity index (χ0n) is 10.7. The lowest BCUT2D eigenvalue weighted by atomic mass is 10.1. The molecule has 0 radical (unpaired) electrons. The van der Waals surface area contributed by atoms with Crippen molar-refractivity contribution in [3.63, 3.8) is 0 Å². The molecule has 2 nitrogen and oxygen atoms in total. The van der Waals surface area contributed by atoms with Gasteiger partial charge in [0.15, 0.2) is 0 Å². The molecular weight excluding hydrogens is 229 g/mol. The second-order valence-corrected chi connectivity index (χ2v) is 4.77. The minimum Gasteiger partial charge on any atom is -0.460 e. The molecule has 3 heteroatoms. The van der Waals surface area contributed by atoms with E-state index in [-0.39, 0.29) is 5.82 Å². The van der Waals surface area contributed by atoms with E-state index in [0.717, 1.165) is 12.3 Å². The molecule has 2 rings (SSSR count). The van der Waals surface area contributed by atoms with Crippen molar-refractivity contribution >= 4 is 0 Å². The molecule has 0 aliphatic heterocycles. The third kappa shape index (κ3) is 3.20. The summed E-state index contributed by atoms with van der Waals surface area (Å²) in [4.78, 5) is 0. The zero-order valence-corrected chi connectivity index (χ0v) is 10.7. The van der Waals surface area contributed by atoms with E-state index >= 15 is 0 Å². The Hall–Kier alpha value is -1.61. The first-order chi connectivity index (χ1) is 8.66. The van der Waals surface area contributed by atoms with E-state index in [0.29, 0.717) is 23.8 Å². The Kier molecular flexibility index (Phi) is 4.15. The molecule has 0 spiro atoms. The Morgan fingerprint density at radius 1 is 1.17 bits per heavy atom. The molecule has 0 saturated heterocycles. The fourth-order valence-electron chi connectivity index (χ4n) is 1.76. The molecule has 0 saturated carbocycles. The Balaban J connectivity index is 2.04. The molecule has 0 amide bonds. The fourth-order valence-corrected chi connectivity index (χ4v) is 1.76. The maximum absolute atomic E-state index is 13.6. The number of hydrogen-bond donors (Lipinski definition) is 1. The molecule has 96 valence electrons. The van der Waals surface area contributed by atoms with Crippen LogP contribution in [0.1, 0.15) is 19.6 Å². The SMILES string of the molecule is CC(C)CNCc1ccc(-c2ccccc2F)o1. The van der Waals surface area contributed by atoms with Crippen LogP contribution in [0.5, 0.6) is 0 Å². The predicted molar refractivity (Wildman–Crippen MR) is 70.6 cm³/mol. The van der Waals surface area contributed by atoms with Crippen LogP contribution in [-0.2, 0) is 6.54 Å². The number of benzene rings is 1. The lowest BCUT2D eigenvalue weighted by Crippen LogP contribution is -2.18. The lowest BCUT2D eigenvalue weighted by molar-refractivity contribution is 0.470. The average Bonchev–Trinajstić information content (AvgIpc) is 2.78. The van der Waals surface area contributed by atoms with Gasteiger partial charge < -0.3 is 9.73 Å². The zero-order chi connectivity index (χ0) is 13.0. The third-order valence-electron chi connectivity index (χ3n) is 2.65. The number of furan rings is 1. The van der Waals surface area contributed by atoms with Gasteiger partial charge in [-0.2, -0.15) is 0 Å². The van der Waals surface area contributed by atoms with E-state index in [1.807, 2.05) is 12.1 Å². The fraction of sp³-hybridized carbons (Fsp3) is 0.333. The number of halogens is 1. The van der Waals surface area contributed by atoms with Gasteiger partial charge in [-0.15, -0.1) is 0 Å². The Morgan fingerprint density at radius 2 is 1.94 bits per heavy atom. The van der Waals surface area contributed by atoms with Crippen LogP contribution in [-0.4, -0.2) is 6.54 Å². The smallest absolute Gasteiger partial charge is 0.137 e. The number of nitrogens with one attached hydrogen (secondary N) is 1. The van der Waals surface area contributed by atoms with Crippen molar-refractivity contribution in [3.05, 3.63) is 48.0 Å². The molecule has 0 aliphatic rings. The summed E-state index contributed by atoms with van der Waals surface area (Å²) in [6.07, 6.45) is 0. The molecule has 0 bridgehead atoms. The van der Waals surface area contributed by atoms with Crippen LogP contribution in [0.3, 0.4) is 0 Å². The van der Waals surface area contributed by atoms with Gasteiger partial charge in [0.2, 0.25) is 0 Å². The molecule has 0 aliphatic carbocycles. The van der Waals surface area contributed by atoms with Crippen LogP contribution >= 0.6 is 0 Å². The molecule has 18 heavy (non-hydrogen) atoms. The van der Waals surface area contributed by atoms with E-state index in [2.05, 4.69) is 19.2 Å². The van der Waals surface area contributed by atoms with Gasteiger partial charge in [0, 0.05) is 0 Å². The molecular formula is C15H18FNO. The first kappa shape index (κ1) is 12.8. The van der Waals surface area contributed by atoms with Crippen LogP contribution in [0.25, 0.3) is 11.3 Å². The molecule has 1 heterocycles. The Labute approximate surface area is 107 Å². The van der Waals surface area contributed by atoms with Gasteiger partial charge in [-0.25, -0.2) is 4.39 Å². The summed E-state index contributed by atoms with van der Waals surface area (Å²) in [7, 11) is 0. The number of hydrogen-bond acceptors (Lipinski definition) is 2. The molecule has 2 aromatic rings. The summed E-state index contributed by atoms with van der Waals surface area (Å²) >= 11 is 0. The molecule has 0 atom stereocenters. The van der Waals surface area contributed by atoms with Gasteiger partial charge in [0.1, 0.15) is 17.3 Å². The molecule has 1 aromatic heterocycles. The first-order valence-electron chi connectivity index (χ1n) is 6.21. The predicted octanol–water partition coefficient (Wildman–Crippen LogP) is 3.83. The average molecular weight is 247 g/mol. The normalized spacial score (nSPS) is 11.1. The molecule has 1 N–H and O–H groups in total. The van der Waals surface area contributed by atoms with E-state index in [9.17, 15) is 4.39 Å². The second-order valence-electron chi connectivity index (χ2n) is 4.77. The van der Waals surface area contributed by atoms with Crippen LogP contribution in [0.15, 0.2) is 40.8 Å². The highest BCUT2D eigenvalue weighted by atomic mass is 19.1. The first-order valence-corrected chi connectivity index (χ1v) is 6.21. The van der Waals surface area contributed by atoms with Crippen LogP contribution < -0.4 is 5.32 Å². The minimum absolute atomic E-state index is 0.256. The summed E-state index contributed by atoms with van der Waals surface area (Å²) in [5.41, 5.74) is 0.507. The summed E-state index contributed by atoms with van der Waals surface area (Å²) in [5, 5.41) is 3.29. The van der Waals surface area contributed by atoms with Gasteiger partial charge in [0.05, 0.1) is 12.1 Å². The molecule has 0 fully saturated rings. The lowest BCUT2D eigenvalue weighted by Gasteiger charge is -2.05. The summed E-state index contributed by atoms with van der Waals surface area (Å²) in [5.74, 6) is 1.75. The highest BCUT2D eigenvalue weighted by Gasteiger charge is 2.08. The third-order valence-corrected chi connectivity index (χ3v) is 2.65. The number of rotatable bonds is 5. The van der Waals surface area contributed by atoms with E-state index in [1.165, 1.54) is 6.07 Å². The Morgan fingerprint density at radius 3 is 2.67 bits per heavy atom. The van der Waals surface area contributed by atoms with Crippen molar-refractivity contribution in [2.45, 2.75) is 20.4 Å². The summed E-state index contributed by atoms with van der Waals surface area (Å²) in [6, 6.07) is 10.3. The van der Waals surface area contributed by atoms with Gasteiger partial charge in [-0.1, -0.05) is 26.0 Å².